The summed E-state index contributed by atoms with van der Waals surface area (Å²) in [6.07, 6.45) is 6.93. The molecule has 2 heterocycles. The second kappa shape index (κ2) is 8.13. The van der Waals surface area contributed by atoms with E-state index >= 15 is 0 Å². The summed E-state index contributed by atoms with van der Waals surface area (Å²) in [5.41, 5.74) is 2.21. The van der Waals surface area contributed by atoms with Crippen molar-refractivity contribution in [3.63, 3.8) is 0 Å². The van der Waals surface area contributed by atoms with Crippen LogP contribution in [0, 0.1) is 0 Å². The molecule has 0 bridgehead atoms. The van der Waals surface area contributed by atoms with Crippen molar-refractivity contribution in [1.29, 1.82) is 0 Å². The van der Waals surface area contributed by atoms with Crippen molar-refractivity contribution in [2.75, 3.05) is 19.6 Å². The van der Waals surface area contributed by atoms with Gasteiger partial charge in [-0.15, -0.1) is 0 Å². The Hall–Kier alpha value is -1.39. The van der Waals surface area contributed by atoms with Crippen molar-refractivity contribution in [1.82, 2.24) is 15.5 Å². The Bertz CT molecular complexity index is 528. The summed E-state index contributed by atoms with van der Waals surface area (Å²) in [4.78, 5) is 15.1. The highest BCUT2D eigenvalue weighted by Gasteiger charge is 2.38. The molecule has 2 N–H and O–H groups in total. The normalized spacial score (nSPS) is 24.9. The average Bonchev–Trinajstić information content (AvgIpc) is 3.12. The van der Waals surface area contributed by atoms with E-state index in [1.54, 1.807) is 0 Å². The SMILES string of the molecule is CCC1(C(=O)NCc2ccc(CN3CCCCC3)cc2)CCCN1. The summed E-state index contributed by atoms with van der Waals surface area (Å²) in [5.74, 6) is 0.153. The zero-order valence-corrected chi connectivity index (χ0v) is 14.9. The molecule has 1 unspecified atom stereocenters. The molecule has 0 aromatic heterocycles. The molecule has 0 saturated carbocycles. The van der Waals surface area contributed by atoms with Gasteiger partial charge in [0.15, 0.2) is 0 Å². The first-order valence-corrected chi connectivity index (χ1v) is 9.55. The molecule has 3 rings (SSSR count). The van der Waals surface area contributed by atoms with Gasteiger partial charge in [0, 0.05) is 13.1 Å². The van der Waals surface area contributed by atoms with Crippen LogP contribution in [-0.4, -0.2) is 36.0 Å². The third-order valence-electron chi connectivity index (χ3n) is 5.61. The van der Waals surface area contributed by atoms with Gasteiger partial charge in [0.25, 0.3) is 0 Å². The Morgan fingerprint density at radius 2 is 1.83 bits per heavy atom. The summed E-state index contributed by atoms with van der Waals surface area (Å²) >= 11 is 0. The van der Waals surface area contributed by atoms with E-state index in [1.807, 2.05) is 0 Å². The zero-order chi connectivity index (χ0) is 16.8. The number of carbonyl (C=O) groups is 1. The number of carbonyl (C=O) groups excluding carboxylic acids is 1. The zero-order valence-electron chi connectivity index (χ0n) is 14.9. The standard InChI is InChI=1S/C20H31N3O/c1-2-20(11-6-12-22-20)19(24)21-15-17-7-9-18(10-8-17)16-23-13-4-3-5-14-23/h7-10,22H,2-6,11-16H2,1H3,(H,21,24). The molecule has 2 saturated heterocycles. The molecule has 24 heavy (non-hydrogen) atoms. The molecule has 132 valence electrons. The number of nitrogens with one attached hydrogen (secondary N) is 2. The lowest BCUT2D eigenvalue weighted by atomic mass is 9.93. The lowest BCUT2D eigenvalue weighted by Gasteiger charge is -2.27. The van der Waals surface area contributed by atoms with Gasteiger partial charge in [0.05, 0.1) is 5.54 Å². The van der Waals surface area contributed by atoms with Gasteiger partial charge >= 0.3 is 0 Å². The number of piperidine rings is 1. The Kier molecular flexibility index (Phi) is 5.90. The molecule has 1 atom stereocenters. The number of hydrogen-bond acceptors (Lipinski definition) is 3. The van der Waals surface area contributed by atoms with Crippen molar-refractivity contribution in [2.24, 2.45) is 0 Å². The largest absolute Gasteiger partial charge is 0.350 e. The highest BCUT2D eigenvalue weighted by molar-refractivity contribution is 5.86. The Labute approximate surface area is 146 Å². The van der Waals surface area contributed by atoms with Gasteiger partial charge in [-0.05, 0) is 62.9 Å². The third kappa shape index (κ3) is 4.17. The van der Waals surface area contributed by atoms with Crippen LogP contribution in [0.5, 0.6) is 0 Å². The number of rotatable bonds is 6. The molecule has 1 amide bonds. The fourth-order valence-corrected chi connectivity index (χ4v) is 3.95. The minimum absolute atomic E-state index is 0.153. The van der Waals surface area contributed by atoms with E-state index in [0.29, 0.717) is 6.54 Å². The van der Waals surface area contributed by atoms with Gasteiger partial charge in [-0.1, -0.05) is 37.6 Å². The maximum absolute atomic E-state index is 12.5. The van der Waals surface area contributed by atoms with Gasteiger partial charge < -0.3 is 10.6 Å². The topological polar surface area (TPSA) is 44.4 Å². The van der Waals surface area contributed by atoms with Crippen molar-refractivity contribution in [3.05, 3.63) is 35.4 Å². The van der Waals surface area contributed by atoms with Crippen LogP contribution in [0.4, 0.5) is 0 Å². The van der Waals surface area contributed by atoms with Gasteiger partial charge in [-0.2, -0.15) is 0 Å². The van der Waals surface area contributed by atoms with E-state index in [2.05, 4.69) is 46.7 Å². The molecule has 2 aliphatic heterocycles. The molecule has 2 aliphatic rings. The fourth-order valence-electron chi connectivity index (χ4n) is 3.95. The number of benzene rings is 1. The molecule has 4 nitrogen and oxygen atoms in total. The molecule has 0 radical (unpaired) electrons. The first-order chi connectivity index (χ1) is 11.7. The van der Waals surface area contributed by atoms with E-state index in [0.717, 1.165) is 32.4 Å². The summed E-state index contributed by atoms with van der Waals surface area (Å²) in [6, 6.07) is 8.72. The van der Waals surface area contributed by atoms with Crippen LogP contribution in [0.3, 0.4) is 0 Å². The number of hydrogen-bond donors (Lipinski definition) is 2. The van der Waals surface area contributed by atoms with Crippen LogP contribution in [-0.2, 0) is 17.9 Å². The summed E-state index contributed by atoms with van der Waals surface area (Å²) in [5, 5.41) is 6.51. The maximum atomic E-state index is 12.5. The summed E-state index contributed by atoms with van der Waals surface area (Å²) < 4.78 is 0. The van der Waals surface area contributed by atoms with Crippen LogP contribution in [0.25, 0.3) is 0 Å². The Morgan fingerprint density at radius 1 is 1.12 bits per heavy atom. The summed E-state index contributed by atoms with van der Waals surface area (Å²) in [6.45, 7) is 7.16. The van der Waals surface area contributed by atoms with E-state index in [1.165, 1.54) is 43.5 Å². The second-order valence-corrected chi connectivity index (χ2v) is 7.30. The van der Waals surface area contributed by atoms with E-state index < -0.39 is 0 Å². The molecule has 0 aliphatic carbocycles. The summed E-state index contributed by atoms with van der Waals surface area (Å²) in [7, 11) is 0. The highest BCUT2D eigenvalue weighted by Crippen LogP contribution is 2.23. The van der Waals surface area contributed by atoms with Crippen molar-refractivity contribution in [2.45, 2.75) is 64.1 Å². The predicted octanol–water partition coefficient (Wildman–Crippen LogP) is 2.82. The third-order valence-corrected chi connectivity index (χ3v) is 5.61. The molecule has 1 aromatic carbocycles. The molecule has 0 spiro atoms. The van der Waals surface area contributed by atoms with Crippen molar-refractivity contribution in [3.8, 4) is 0 Å². The van der Waals surface area contributed by atoms with Crippen LogP contribution in [0.15, 0.2) is 24.3 Å². The lowest BCUT2D eigenvalue weighted by Crippen LogP contribution is -2.52. The van der Waals surface area contributed by atoms with Gasteiger partial charge in [0.2, 0.25) is 5.91 Å². The minimum atomic E-state index is -0.339. The van der Waals surface area contributed by atoms with Crippen molar-refractivity contribution >= 4 is 5.91 Å². The first-order valence-electron chi connectivity index (χ1n) is 9.55. The van der Waals surface area contributed by atoms with Crippen LogP contribution >= 0.6 is 0 Å². The molecule has 4 heteroatoms. The monoisotopic (exact) mass is 329 g/mol. The average molecular weight is 329 g/mol. The molecular weight excluding hydrogens is 298 g/mol. The van der Waals surface area contributed by atoms with E-state index in [9.17, 15) is 4.79 Å². The van der Waals surface area contributed by atoms with Crippen molar-refractivity contribution < 1.29 is 4.79 Å². The smallest absolute Gasteiger partial charge is 0.240 e. The minimum Gasteiger partial charge on any atom is -0.350 e. The number of amides is 1. The first kappa shape index (κ1) is 17.4. The number of likely N-dealkylation sites (tertiary alicyclic amines) is 1. The van der Waals surface area contributed by atoms with Crippen LogP contribution in [0.1, 0.15) is 56.6 Å². The molecule has 2 fully saturated rings. The second-order valence-electron chi connectivity index (χ2n) is 7.30. The van der Waals surface area contributed by atoms with Crippen LogP contribution in [0.2, 0.25) is 0 Å². The fraction of sp³-hybridized carbons (Fsp3) is 0.650. The molecule has 1 aromatic rings. The van der Waals surface area contributed by atoms with Gasteiger partial charge in [-0.25, -0.2) is 0 Å². The number of nitrogens with zero attached hydrogens (tertiary/aromatic N) is 1. The lowest BCUT2D eigenvalue weighted by molar-refractivity contribution is -0.127. The van der Waals surface area contributed by atoms with Crippen LogP contribution < -0.4 is 10.6 Å². The Balaban J connectivity index is 1.49. The Morgan fingerprint density at radius 3 is 2.46 bits per heavy atom. The van der Waals surface area contributed by atoms with Gasteiger partial charge in [-0.3, -0.25) is 9.69 Å². The van der Waals surface area contributed by atoms with E-state index in [4.69, 9.17) is 0 Å². The molecular formula is C20H31N3O. The highest BCUT2D eigenvalue weighted by atomic mass is 16.2. The van der Waals surface area contributed by atoms with E-state index in [-0.39, 0.29) is 11.4 Å². The predicted molar refractivity (Wildman–Crippen MR) is 97.7 cm³/mol. The quantitative estimate of drug-likeness (QED) is 0.843. The van der Waals surface area contributed by atoms with Gasteiger partial charge in [0.1, 0.15) is 0 Å². The maximum Gasteiger partial charge on any atom is 0.240 e.